The summed E-state index contributed by atoms with van der Waals surface area (Å²) in [5.41, 5.74) is 19.2. The van der Waals surface area contributed by atoms with Crippen molar-refractivity contribution in [3.05, 3.63) is 301 Å². The van der Waals surface area contributed by atoms with Crippen molar-refractivity contribution in [1.29, 1.82) is 0 Å². The zero-order valence-electron chi connectivity index (χ0n) is 40.0. The van der Waals surface area contributed by atoms with E-state index in [1.165, 1.54) is 88.0 Å². The average molecular weight is 927 g/mol. The Morgan fingerprint density at radius 2 is 0.699 bits per heavy atom. The molecule has 1 aromatic heterocycles. The summed E-state index contributed by atoms with van der Waals surface area (Å²) in [6, 6.07) is 102. The lowest BCUT2D eigenvalue weighted by Crippen LogP contribution is -2.28. The van der Waals surface area contributed by atoms with E-state index in [0.717, 1.165) is 39.2 Å². The van der Waals surface area contributed by atoms with Crippen molar-refractivity contribution in [2.45, 2.75) is 5.41 Å². The fourth-order valence-corrected chi connectivity index (χ4v) is 11.8. The van der Waals surface area contributed by atoms with Crippen LogP contribution < -0.4 is 0 Å². The molecule has 1 aliphatic rings. The fraction of sp³-hybridized carbons (Fsp3) is 0.0141. The Morgan fingerprint density at radius 1 is 0.233 bits per heavy atom. The largest absolute Gasteiger partial charge is 0.228 e. The lowest BCUT2D eigenvalue weighted by atomic mass is 9.67. The molecule has 0 spiro atoms. The summed E-state index contributed by atoms with van der Waals surface area (Å²) in [7, 11) is 0. The van der Waals surface area contributed by atoms with E-state index in [1.54, 1.807) is 0 Å². The predicted molar refractivity (Wildman–Crippen MR) is 304 cm³/mol. The minimum Gasteiger partial charge on any atom is -0.228 e. The normalized spacial score (nSPS) is 12.5. The lowest BCUT2D eigenvalue weighted by Gasteiger charge is -2.33. The third-order valence-corrected chi connectivity index (χ3v) is 15.2. The molecule has 0 N–H and O–H groups in total. The van der Waals surface area contributed by atoms with Gasteiger partial charge in [-0.1, -0.05) is 255 Å². The Kier molecular flexibility index (Phi) is 10.1. The van der Waals surface area contributed by atoms with Crippen LogP contribution in [0.2, 0.25) is 0 Å². The van der Waals surface area contributed by atoms with Crippen LogP contribution in [-0.4, -0.2) is 9.97 Å². The highest BCUT2D eigenvalue weighted by molar-refractivity contribution is 6.29. The lowest BCUT2D eigenvalue weighted by molar-refractivity contribution is 0.768. The Morgan fingerprint density at radius 3 is 1.42 bits per heavy atom. The average Bonchev–Trinajstić information content (AvgIpc) is 3.81. The molecule has 0 saturated carbocycles. The summed E-state index contributed by atoms with van der Waals surface area (Å²) >= 11 is 0. The van der Waals surface area contributed by atoms with E-state index in [0.29, 0.717) is 5.82 Å². The predicted octanol–water partition coefficient (Wildman–Crippen LogP) is 18.3. The number of aromatic nitrogens is 2. The van der Waals surface area contributed by atoms with Crippen molar-refractivity contribution in [2.24, 2.45) is 0 Å². The highest BCUT2D eigenvalue weighted by Gasteiger charge is 2.46. The first kappa shape index (κ1) is 42.4. The van der Waals surface area contributed by atoms with Gasteiger partial charge in [0.2, 0.25) is 0 Å². The first-order chi connectivity index (χ1) is 36.2. The van der Waals surface area contributed by atoms with E-state index in [9.17, 15) is 0 Å². The zero-order valence-corrected chi connectivity index (χ0v) is 40.0. The van der Waals surface area contributed by atoms with Gasteiger partial charge in [-0.2, -0.15) is 0 Å². The molecule has 2 nitrogen and oxygen atoms in total. The van der Waals surface area contributed by atoms with Crippen molar-refractivity contribution < 1.29 is 0 Å². The number of hydrogen-bond acceptors (Lipinski definition) is 2. The van der Waals surface area contributed by atoms with Crippen LogP contribution in [0.4, 0.5) is 0 Å². The van der Waals surface area contributed by atoms with Crippen LogP contribution in [0.5, 0.6) is 0 Å². The summed E-state index contributed by atoms with van der Waals surface area (Å²) in [6.45, 7) is 0. The Balaban J connectivity index is 0.904. The standard InChI is InChI=1S/C71H46N2/c1-5-19-47(20-6-1)48-35-37-49(38-36-48)67-46-68(73-70(72-67)50-21-7-2-8-22-50)54-24-17-23-51(43-54)52-39-41-62-63(44-52)59-30-14-13-29-58(59)61-33-18-32-57(69(61)62)53-40-42-66-64(45-53)60-31-15-16-34-65(60)71(66,55-25-9-3-10-26-55)56-27-11-4-12-28-56/h1-46H. The van der Waals surface area contributed by atoms with Gasteiger partial charge in [0.1, 0.15) is 0 Å². The molecule has 0 unspecified atom stereocenters. The molecule has 340 valence electrons. The molecule has 1 aliphatic carbocycles. The van der Waals surface area contributed by atoms with Crippen LogP contribution >= 0.6 is 0 Å². The van der Waals surface area contributed by atoms with E-state index in [1.807, 2.05) is 18.2 Å². The summed E-state index contributed by atoms with van der Waals surface area (Å²) in [4.78, 5) is 10.4. The van der Waals surface area contributed by atoms with E-state index in [4.69, 9.17) is 9.97 Å². The highest BCUT2D eigenvalue weighted by Crippen LogP contribution is 2.57. The monoisotopic (exact) mass is 926 g/mol. The van der Waals surface area contributed by atoms with Gasteiger partial charge in [0.25, 0.3) is 0 Å². The maximum absolute atomic E-state index is 5.22. The molecule has 73 heavy (non-hydrogen) atoms. The van der Waals surface area contributed by atoms with Crippen molar-refractivity contribution >= 4 is 32.3 Å². The van der Waals surface area contributed by atoms with E-state index < -0.39 is 5.41 Å². The molecule has 0 radical (unpaired) electrons. The quantitative estimate of drug-likeness (QED) is 0.142. The minimum absolute atomic E-state index is 0.447. The van der Waals surface area contributed by atoms with Crippen LogP contribution in [0.3, 0.4) is 0 Å². The number of hydrogen-bond donors (Lipinski definition) is 0. The molecule has 0 atom stereocenters. The van der Waals surface area contributed by atoms with E-state index in [2.05, 4.69) is 261 Å². The Bertz CT molecular complexity index is 4180. The third-order valence-electron chi connectivity index (χ3n) is 15.2. The fourth-order valence-electron chi connectivity index (χ4n) is 11.8. The van der Waals surface area contributed by atoms with Crippen molar-refractivity contribution in [1.82, 2.24) is 9.97 Å². The summed E-state index contributed by atoms with van der Waals surface area (Å²) in [5.74, 6) is 0.699. The number of fused-ring (bicyclic) bond motifs is 9. The van der Waals surface area contributed by atoms with Gasteiger partial charge in [0.15, 0.2) is 5.82 Å². The smallest absolute Gasteiger partial charge is 0.160 e. The second-order valence-corrected chi connectivity index (χ2v) is 19.2. The van der Waals surface area contributed by atoms with Gasteiger partial charge in [-0.05, 0) is 123 Å². The molecule has 2 heteroatoms. The second-order valence-electron chi connectivity index (χ2n) is 19.2. The Hall–Kier alpha value is -9.50. The van der Waals surface area contributed by atoms with Crippen LogP contribution in [0.15, 0.2) is 279 Å². The number of benzene rings is 12. The number of rotatable bonds is 8. The molecule has 0 fully saturated rings. The molecular weight excluding hydrogens is 881 g/mol. The minimum atomic E-state index is -0.447. The molecule has 0 amide bonds. The maximum atomic E-state index is 5.22. The van der Waals surface area contributed by atoms with Crippen molar-refractivity contribution in [3.8, 4) is 78.4 Å². The van der Waals surface area contributed by atoms with Gasteiger partial charge < -0.3 is 0 Å². The highest BCUT2D eigenvalue weighted by atomic mass is 14.9. The first-order valence-electron chi connectivity index (χ1n) is 25.1. The van der Waals surface area contributed by atoms with Crippen LogP contribution in [0.25, 0.3) is 111 Å². The molecule has 0 saturated heterocycles. The molecule has 1 heterocycles. The van der Waals surface area contributed by atoms with Crippen LogP contribution in [0, 0.1) is 0 Å². The maximum Gasteiger partial charge on any atom is 0.160 e. The van der Waals surface area contributed by atoms with Gasteiger partial charge in [0, 0.05) is 16.7 Å². The van der Waals surface area contributed by atoms with Crippen LogP contribution in [0.1, 0.15) is 22.3 Å². The second kappa shape index (κ2) is 17.4. The third kappa shape index (κ3) is 7.02. The van der Waals surface area contributed by atoms with Gasteiger partial charge in [-0.25, -0.2) is 9.97 Å². The Labute approximate surface area is 425 Å². The summed E-state index contributed by atoms with van der Waals surface area (Å²) in [6.07, 6.45) is 0. The molecular formula is C71H46N2. The SMILES string of the molecule is c1ccc(-c2ccc(-c3cc(-c4cccc(-c5ccc6c(c5)c5ccccc5c5cccc(-c7ccc8c(c7)-c7ccccc7C8(c7ccccc7)c7ccccc7)c56)c4)nc(-c4ccccc4)n3)cc2)cc1. The molecule has 13 aromatic rings. The van der Waals surface area contributed by atoms with Crippen LogP contribution in [-0.2, 0) is 5.41 Å². The van der Waals surface area contributed by atoms with Crippen molar-refractivity contribution in [3.63, 3.8) is 0 Å². The molecule has 0 bridgehead atoms. The molecule has 0 aliphatic heterocycles. The summed E-state index contributed by atoms with van der Waals surface area (Å²) in [5, 5.41) is 7.47. The van der Waals surface area contributed by atoms with E-state index in [-0.39, 0.29) is 0 Å². The van der Waals surface area contributed by atoms with Crippen molar-refractivity contribution in [2.75, 3.05) is 0 Å². The van der Waals surface area contributed by atoms with Gasteiger partial charge >= 0.3 is 0 Å². The number of nitrogens with zero attached hydrogens (tertiary/aromatic N) is 2. The van der Waals surface area contributed by atoms with E-state index >= 15 is 0 Å². The topological polar surface area (TPSA) is 25.8 Å². The van der Waals surface area contributed by atoms with Gasteiger partial charge in [0.05, 0.1) is 16.8 Å². The molecule has 12 aromatic carbocycles. The zero-order chi connectivity index (χ0) is 48.3. The first-order valence-corrected chi connectivity index (χ1v) is 25.1. The molecule has 14 rings (SSSR count). The summed E-state index contributed by atoms with van der Waals surface area (Å²) < 4.78 is 0. The van der Waals surface area contributed by atoms with Gasteiger partial charge in [-0.3, -0.25) is 0 Å². The van der Waals surface area contributed by atoms with Gasteiger partial charge in [-0.15, -0.1) is 0 Å².